The maximum absolute atomic E-state index is 12.8. The Morgan fingerprint density at radius 2 is 1.92 bits per heavy atom. The number of thiocyanates is 1. The van der Waals surface area contributed by atoms with Crippen molar-refractivity contribution in [3.8, 4) is 5.40 Å². The van der Waals surface area contributed by atoms with E-state index in [9.17, 15) is 13.2 Å². The number of nitrogen functional groups attached to an aromatic ring is 1. The third-order valence-corrected chi connectivity index (χ3v) is 2.01. The molecule has 0 bridgehead atoms. The second-order valence-corrected chi connectivity index (χ2v) is 2.89. The molecule has 2 N–H and O–H groups in total. The van der Waals surface area contributed by atoms with Gasteiger partial charge in [-0.25, -0.2) is 13.2 Å². The van der Waals surface area contributed by atoms with Gasteiger partial charge in [0.1, 0.15) is 11.2 Å². The van der Waals surface area contributed by atoms with E-state index >= 15 is 0 Å². The maximum Gasteiger partial charge on any atom is 0.175 e. The molecule has 0 atom stereocenters. The second kappa shape index (κ2) is 3.58. The first-order chi connectivity index (χ1) is 6.07. The first-order valence-electron chi connectivity index (χ1n) is 3.06. The zero-order valence-corrected chi connectivity index (χ0v) is 6.96. The van der Waals surface area contributed by atoms with Crippen LogP contribution in [0.15, 0.2) is 11.0 Å². The summed E-state index contributed by atoms with van der Waals surface area (Å²) in [5.74, 6) is -3.73. The molecular formula is C7H3F3N2S. The van der Waals surface area contributed by atoms with Crippen LogP contribution in [-0.4, -0.2) is 0 Å². The summed E-state index contributed by atoms with van der Waals surface area (Å²) in [4.78, 5) is -0.514. The normalized spacial score (nSPS) is 9.69. The van der Waals surface area contributed by atoms with Crippen LogP contribution >= 0.6 is 11.8 Å². The Bertz CT molecular complexity index is 360. The number of hydrogen-bond acceptors (Lipinski definition) is 3. The molecule has 13 heavy (non-hydrogen) atoms. The van der Waals surface area contributed by atoms with E-state index in [1.165, 1.54) is 5.40 Å². The topological polar surface area (TPSA) is 49.8 Å². The predicted molar refractivity (Wildman–Crippen MR) is 42.2 cm³/mol. The third kappa shape index (κ3) is 1.70. The molecular weight excluding hydrogens is 201 g/mol. The van der Waals surface area contributed by atoms with Crippen molar-refractivity contribution >= 4 is 17.4 Å². The average molecular weight is 204 g/mol. The fourth-order valence-electron chi connectivity index (χ4n) is 0.733. The van der Waals surface area contributed by atoms with Crippen molar-refractivity contribution < 1.29 is 13.2 Å². The number of thioether (sulfide) groups is 1. The molecule has 2 nitrogen and oxygen atoms in total. The highest BCUT2D eigenvalue weighted by atomic mass is 32.2. The van der Waals surface area contributed by atoms with Gasteiger partial charge in [0.15, 0.2) is 11.6 Å². The van der Waals surface area contributed by atoms with Gasteiger partial charge in [0.05, 0.1) is 10.6 Å². The van der Waals surface area contributed by atoms with Crippen LogP contribution in [0, 0.1) is 28.1 Å². The van der Waals surface area contributed by atoms with Crippen LogP contribution in [0.25, 0.3) is 0 Å². The molecule has 1 aromatic rings. The van der Waals surface area contributed by atoms with Crippen molar-refractivity contribution in [2.45, 2.75) is 4.90 Å². The molecule has 0 aliphatic heterocycles. The SMILES string of the molecule is N#CSc1c(N)c(F)cc(F)c1F. The van der Waals surface area contributed by atoms with Crippen LogP contribution in [0.1, 0.15) is 0 Å². The van der Waals surface area contributed by atoms with E-state index in [-0.39, 0.29) is 11.8 Å². The van der Waals surface area contributed by atoms with Crippen LogP contribution < -0.4 is 5.73 Å². The van der Waals surface area contributed by atoms with Crippen LogP contribution in [-0.2, 0) is 0 Å². The minimum atomic E-state index is -1.36. The van der Waals surface area contributed by atoms with Gasteiger partial charge >= 0.3 is 0 Å². The van der Waals surface area contributed by atoms with Gasteiger partial charge in [0.2, 0.25) is 0 Å². The molecule has 0 saturated heterocycles. The number of nitrogens with two attached hydrogens (primary N) is 1. The van der Waals surface area contributed by atoms with Gasteiger partial charge in [0.25, 0.3) is 0 Å². The summed E-state index contributed by atoms with van der Waals surface area (Å²) in [5.41, 5.74) is 4.53. The van der Waals surface area contributed by atoms with E-state index in [0.717, 1.165) is 0 Å². The van der Waals surface area contributed by atoms with Crippen molar-refractivity contribution in [3.05, 3.63) is 23.5 Å². The van der Waals surface area contributed by atoms with E-state index in [4.69, 9.17) is 11.0 Å². The van der Waals surface area contributed by atoms with Crippen molar-refractivity contribution in [2.24, 2.45) is 0 Å². The molecule has 0 amide bonds. The van der Waals surface area contributed by atoms with E-state index in [1.54, 1.807) is 0 Å². The van der Waals surface area contributed by atoms with Crippen LogP contribution in [0.3, 0.4) is 0 Å². The highest BCUT2D eigenvalue weighted by Crippen LogP contribution is 2.30. The number of nitriles is 1. The van der Waals surface area contributed by atoms with Gasteiger partial charge in [0, 0.05) is 6.07 Å². The smallest absolute Gasteiger partial charge is 0.175 e. The Morgan fingerprint density at radius 3 is 2.46 bits per heavy atom. The molecule has 0 radical (unpaired) electrons. The number of rotatable bonds is 1. The minimum Gasteiger partial charge on any atom is -0.395 e. The highest BCUT2D eigenvalue weighted by Gasteiger charge is 2.16. The summed E-state index contributed by atoms with van der Waals surface area (Å²) in [6.07, 6.45) is 0. The summed E-state index contributed by atoms with van der Waals surface area (Å²) >= 11 is 0.282. The number of benzene rings is 1. The van der Waals surface area contributed by atoms with E-state index in [0.29, 0.717) is 6.07 Å². The summed E-state index contributed by atoms with van der Waals surface area (Å²) in [5, 5.41) is 9.68. The summed E-state index contributed by atoms with van der Waals surface area (Å²) in [6, 6.07) is 0.339. The van der Waals surface area contributed by atoms with Crippen molar-refractivity contribution in [1.82, 2.24) is 0 Å². The number of hydrogen-bond donors (Lipinski definition) is 1. The molecule has 6 heteroatoms. The Hall–Kier alpha value is -1.35. The van der Waals surface area contributed by atoms with Gasteiger partial charge in [-0.2, -0.15) is 5.26 Å². The Morgan fingerprint density at radius 1 is 1.31 bits per heavy atom. The predicted octanol–water partition coefficient (Wildman–Crippen LogP) is 2.26. The van der Waals surface area contributed by atoms with Gasteiger partial charge in [-0.15, -0.1) is 0 Å². The molecule has 0 unspecified atom stereocenters. The highest BCUT2D eigenvalue weighted by molar-refractivity contribution is 8.03. The molecule has 1 rings (SSSR count). The standard InChI is InChI=1S/C7H3F3N2S/c8-3-1-4(9)6(12)7(5(3)10)13-2-11/h1H,12H2. The van der Waals surface area contributed by atoms with E-state index in [2.05, 4.69) is 0 Å². The molecule has 0 aliphatic rings. The monoisotopic (exact) mass is 204 g/mol. The van der Waals surface area contributed by atoms with E-state index in [1.807, 2.05) is 0 Å². The van der Waals surface area contributed by atoms with Crippen LogP contribution in [0.2, 0.25) is 0 Å². The Kier molecular flexibility index (Phi) is 2.68. The zero-order valence-electron chi connectivity index (χ0n) is 6.14. The van der Waals surface area contributed by atoms with E-state index < -0.39 is 28.0 Å². The van der Waals surface area contributed by atoms with Crippen molar-refractivity contribution in [2.75, 3.05) is 5.73 Å². The lowest BCUT2D eigenvalue weighted by Crippen LogP contribution is -1.99. The fraction of sp³-hybridized carbons (Fsp3) is 0. The molecule has 0 spiro atoms. The van der Waals surface area contributed by atoms with Crippen LogP contribution in [0.5, 0.6) is 0 Å². The molecule has 68 valence electrons. The van der Waals surface area contributed by atoms with Gasteiger partial charge in [-0.3, -0.25) is 0 Å². The summed E-state index contributed by atoms with van der Waals surface area (Å²) in [7, 11) is 0. The van der Waals surface area contributed by atoms with Crippen LogP contribution in [0.4, 0.5) is 18.9 Å². The number of anilines is 1. The summed E-state index contributed by atoms with van der Waals surface area (Å²) < 4.78 is 38.1. The molecule has 0 saturated carbocycles. The lowest BCUT2D eigenvalue weighted by atomic mass is 10.3. The lowest BCUT2D eigenvalue weighted by molar-refractivity contribution is 0.479. The first kappa shape index (κ1) is 9.74. The maximum atomic E-state index is 12.8. The average Bonchev–Trinajstić information content (AvgIpc) is 2.09. The molecule has 1 aromatic carbocycles. The molecule has 0 fully saturated rings. The zero-order chi connectivity index (χ0) is 10.0. The summed E-state index contributed by atoms with van der Waals surface area (Å²) in [6.45, 7) is 0. The van der Waals surface area contributed by atoms with Crippen molar-refractivity contribution in [3.63, 3.8) is 0 Å². The largest absolute Gasteiger partial charge is 0.395 e. The lowest BCUT2D eigenvalue weighted by Gasteiger charge is -2.03. The third-order valence-electron chi connectivity index (χ3n) is 1.31. The quantitative estimate of drug-likeness (QED) is 0.330. The van der Waals surface area contributed by atoms with Gasteiger partial charge in [-0.1, -0.05) is 0 Å². The molecule has 0 aliphatic carbocycles. The Balaban J connectivity index is 3.39. The molecule has 0 heterocycles. The Labute approximate surface area is 76.1 Å². The fourth-order valence-corrected chi connectivity index (χ4v) is 1.22. The first-order valence-corrected chi connectivity index (χ1v) is 3.88. The van der Waals surface area contributed by atoms with Gasteiger partial charge in [-0.05, 0) is 11.8 Å². The molecule has 0 aromatic heterocycles. The van der Waals surface area contributed by atoms with Crippen molar-refractivity contribution in [1.29, 1.82) is 5.26 Å². The number of nitrogens with zero attached hydrogens (tertiary/aromatic N) is 1. The second-order valence-electron chi connectivity index (χ2n) is 2.09. The van der Waals surface area contributed by atoms with Gasteiger partial charge < -0.3 is 5.73 Å². The minimum absolute atomic E-state index is 0.282. The number of halogens is 3.